The minimum atomic E-state index is -1.37. The van der Waals surface area contributed by atoms with Gasteiger partial charge in [0, 0.05) is 17.5 Å². The van der Waals surface area contributed by atoms with Crippen molar-refractivity contribution in [3.05, 3.63) is 35.4 Å². The highest BCUT2D eigenvalue weighted by atomic mass is 35.5. The Hall–Kier alpha value is -0.520. The summed E-state index contributed by atoms with van der Waals surface area (Å²) in [7, 11) is -1.37. The molecule has 1 rings (SSSR count). The average Bonchev–Trinajstić information content (AvgIpc) is 2.36. The van der Waals surface area contributed by atoms with Gasteiger partial charge in [0.1, 0.15) is 11.6 Å². The average molecular weight is 324 g/mol. The van der Waals surface area contributed by atoms with Crippen LogP contribution < -0.4 is 4.72 Å². The molecule has 0 amide bonds. The number of hydrogen-bond donors (Lipinski definition) is 1. The second kappa shape index (κ2) is 7.48. The quantitative estimate of drug-likeness (QED) is 0.785. The van der Waals surface area contributed by atoms with Gasteiger partial charge >= 0.3 is 0 Å². The summed E-state index contributed by atoms with van der Waals surface area (Å²) < 4.78 is 41.7. The minimum absolute atomic E-state index is 0.188. The van der Waals surface area contributed by atoms with Crippen molar-refractivity contribution in [2.45, 2.75) is 44.4 Å². The largest absolute Gasteiger partial charge is 0.242 e. The van der Waals surface area contributed by atoms with E-state index in [1.54, 1.807) is 0 Å². The molecule has 0 aliphatic rings. The summed E-state index contributed by atoms with van der Waals surface area (Å²) in [5.74, 6) is -0.609. The summed E-state index contributed by atoms with van der Waals surface area (Å²) in [4.78, 5) is 0. The van der Waals surface area contributed by atoms with E-state index >= 15 is 0 Å². The molecule has 1 aromatic rings. The molecular formula is C14H20ClF2NOS. The Labute approximate surface area is 126 Å². The summed E-state index contributed by atoms with van der Waals surface area (Å²) in [6.07, 6.45) is 1.11. The lowest BCUT2D eigenvalue weighted by Crippen LogP contribution is -2.36. The van der Waals surface area contributed by atoms with E-state index in [1.807, 2.05) is 20.8 Å². The summed E-state index contributed by atoms with van der Waals surface area (Å²) in [6, 6.07) is 2.77. The molecule has 2 atom stereocenters. The first kappa shape index (κ1) is 17.5. The molecule has 114 valence electrons. The van der Waals surface area contributed by atoms with Crippen LogP contribution in [0.4, 0.5) is 8.78 Å². The molecule has 0 spiro atoms. The number of benzene rings is 1. The first-order valence-electron chi connectivity index (χ1n) is 6.44. The smallest absolute Gasteiger partial charge is 0.128 e. The Balaban J connectivity index is 2.99. The second-order valence-electron chi connectivity index (χ2n) is 5.55. The Morgan fingerprint density at radius 2 is 2.00 bits per heavy atom. The zero-order valence-corrected chi connectivity index (χ0v) is 13.5. The van der Waals surface area contributed by atoms with Crippen molar-refractivity contribution in [2.24, 2.45) is 0 Å². The number of halogens is 3. The standard InChI is InChI=1S/C14H20ClF2NOS/c1-14(2,3)20(19)18-13(5-4-8-15)11-9-10(16)6-7-12(11)17/h6-7,9,13,18H,4-5,8H2,1-3H3/t13-,20?/m0/s1. The monoisotopic (exact) mass is 323 g/mol. The molecule has 20 heavy (non-hydrogen) atoms. The fraction of sp³-hybridized carbons (Fsp3) is 0.571. The molecule has 0 aliphatic carbocycles. The van der Waals surface area contributed by atoms with Crippen LogP contribution in [0.15, 0.2) is 18.2 Å². The Morgan fingerprint density at radius 3 is 2.55 bits per heavy atom. The zero-order chi connectivity index (χ0) is 15.3. The van der Waals surface area contributed by atoms with Crippen LogP contribution in [-0.2, 0) is 11.0 Å². The SMILES string of the molecule is CC(C)(C)S(=O)N[C@@H](CCCCl)c1cc(F)ccc1F. The third-order valence-electron chi connectivity index (χ3n) is 2.77. The highest BCUT2D eigenvalue weighted by molar-refractivity contribution is 7.84. The van der Waals surface area contributed by atoms with E-state index in [0.29, 0.717) is 18.7 Å². The van der Waals surface area contributed by atoms with E-state index in [9.17, 15) is 13.0 Å². The van der Waals surface area contributed by atoms with Gasteiger partial charge in [0.15, 0.2) is 0 Å². The highest BCUT2D eigenvalue weighted by Crippen LogP contribution is 2.25. The molecule has 1 aromatic carbocycles. The Kier molecular flexibility index (Phi) is 6.55. The second-order valence-corrected chi connectivity index (χ2v) is 7.92. The molecule has 6 heteroatoms. The van der Waals surface area contributed by atoms with E-state index in [0.717, 1.165) is 18.2 Å². The molecular weight excluding hydrogens is 304 g/mol. The van der Waals surface area contributed by atoms with Crippen molar-refractivity contribution in [1.29, 1.82) is 0 Å². The van der Waals surface area contributed by atoms with Crippen LogP contribution in [0.3, 0.4) is 0 Å². The third-order valence-corrected chi connectivity index (χ3v) is 4.64. The van der Waals surface area contributed by atoms with Gasteiger partial charge in [-0.25, -0.2) is 17.7 Å². The van der Waals surface area contributed by atoms with Crippen molar-refractivity contribution in [1.82, 2.24) is 4.72 Å². The molecule has 0 heterocycles. The fourth-order valence-corrected chi connectivity index (χ4v) is 2.66. The van der Waals surface area contributed by atoms with Crippen molar-refractivity contribution in [3.63, 3.8) is 0 Å². The maximum absolute atomic E-state index is 13.9. The Morgan fingerprint density at radius 1 is 1.35 bits per heavy atom. The molecule has 0 aliphatic heterocycles. The van der Waals surface area contributed by atoms with Crippen LogP contribution in [0.1, 0.15) is 45.2 Å². The third kappa shape index (κ3) is 5.11. The Bertz CT molecular complexity index is 477. The van der Waals surface area contributed by atoms with E-state index in [1.165, 1.54) is 0 Å². The molecule has 0 saturated carbocycles. The molecule has 2 nitrogen and oxygen atoms in total. The number of hydrogen-bond acceptors (Lipinski definition) is 1. The van der Waals surface area contributed by atoms with Gasteiger partial charge in [-0.3, -0.25) is 0 Å². The highest BCUT2D eigenvalue weighted by Gasteiger charge is 2.25. The van der Waals surface area contributed by atoms with E-state index < -0.39 is 33.4 Å². The van der Waals surface area contributed by atoms with Crippen LogP contribution >= 0.6 is 11.6 Å². The van der Waals surface area contributed by atoms with Crippen molar-refractivity contribution in [2.75, 3.05) is 5.88 Å². The van der Waals surface area contributed by atoms with Gasteiger partial charge in [0.05, 0.1) is 15.7 Å². The summed E-state index contributed by atoms with van der Waals surface area (Å²) in [5.41, 5.74) is 0.188. The topological polar surface area (TPSA) is 29.1 Å². The van der Waals surface area contributed by atoms with Gasteiger partial charge in [0.25, 0.3) is 0 Å². The molecule has 0 saturated heterocycles. The van der Waals surface area contributed by atoms with Crippen molar-refractivity contribution >= 4 is 22.6 Å². The predicted octanol–water partition coefficient (Wildman–Crippen LogP) is 4.08. The molecule has 0 fully saturated rings. The van der Waals surface area contributed by atoms with Crippen LogP contribution in [0.2, 0.25) is 0 Å². The number of nitrogens with one attached hydrogen (secondary N) is 1. The predicted molar refractivity (Wildman–Crippen MR) is 80.1 cm³/mol. The van der Waals surface area contributed by atoms with E-state index in [4.69, 9.17) is 11.6 Å². The first-order valence-corrected chi connectivity index (χ1v) is 8.13. The summed E-state index contributed by atoms with van der Waals surface area (Å²) in [6.45, 7) is 5.45. The van der Waals surface area contributed by atoms with Gasteiger partial charge in [-0.05, 0) is 51.8 Å². The normalized spacial score (nSPS) is 15.1. The maximum atomic E-state index is 13.9. The molecule has 0 aromatic heterocycles. The maximum Gasteiger partial charge on any atom is 0.128 e. The molecule has 0 bridgehead atoms. The van der Waals surface area contributed by atoms with Crippen LogP contribution in [0.25, 0.3) is 0 Å². The van der Waals surface area contributed by atoms with E-state index in [2.05, 4.69) is 4.72 Å². The minimum Gasteiger partial charge on any atom is -0.242 e. The van der Waals surface area contributed by atoms with Crippen molar-refractivity contribution in [3.8, 4) is 0 Å². The van der Waals surface area contributed by atoms with Gasteiger partial charge in [-0.2, -0.15) is 0 Å². The first-order chi connectivity index (χ1) is 9.25. The summed E-state index contributed by atoms with van der Waals surface area (Å²) >= 11 is 5.66. The van der Waals surface area contributed by atoms with Crippen molar-refractivity contribution < 1.29 is 13.0 Å². The van der Waals surface area contributed by atoms with Crippen LogP contribution in [-0.4, -0.2) is 14.8 Å². The van der Waals surface area contributed by atoms with Gasteiger partial charge in [-0.15, -0.1) is 11.6 Å². The summed E-state index contributed by atoms with van der Waals surface area (Å²) in [5, 5.41) is 0. The molecule has 1 N–H and O–H groups in total. The molecule has 0 radical (unpaired) electrons. The number of rotatable bonds is 6. The molecule has 1 unspecified atom stereocenters. The van der Waals surface area contributed by atoms with E-state index in [-0.39, 0.29) is 5.56 Å². The lowest BCUT2D eigenvalue weighted by Gasteiger charge is -2.24. The fourth-order valence-electron chi connectivity index (χ4n) is 1.65. The van der Waals surface area contributed by atoms with Gasteiger partial charge in [-0.1, -0.05) is 0 Å². The van der Waals surface area contributed by atoms with Gasteiger partial charge < -0.3 is 0 Å². The van der Waals surface area contributed by atoms with Gasteiger partial charge in [0.2, 0.25) is 0 Å². The number of alkyl halides is 1. The van der Waals surface area contributed by atoms with Crippen LogP contribution in [0.5, 0.6) is 0 Å². The zero-order valence-electron chi connectivity index (χ0n) is 11.9. The van der Waals surface area contributed by atoms with Crippen LogP contribution in [0, 0.1) is 11.6 Å². The lowest BCUT2D eigenvalue weighted by molar-refractivity contribution is 0.518. The lowest BCUT2D eigenvalue weighted by atomic mass is 10.0.